The molecule has 1 N–H and O–H groups in total. The minimum atomic E-state index is -0.742. The molecule has 2 heterocycles. The molecule has 0 unspecified atom stereocenters. The van der Waals surface area contributed by atoms with E-state index in [1.165, 1.54) is 0 Å². The lowest BCUT2D eigenvalue weighted by Crippen LogP contribution is -2.48. The molecule has 1 aromatic rings. The van der Waals surface area contributed by atoms with E-state index in [2.05, 4.69) is 4.90 Å². The normalized spacial score (nSPS) is 16.4. The highest BCUT2D eigenvalue weighted by Crippen LogP contribution is 2.32. The fraction of sp³-hybridized carbons (Fsp3) is 0.529. The molecule has 25 heavy (non-hydrogen) atoms. The molecule has 1 fully saturated rings. The van der Waals surface area contributed by atoms with Crippen molar-refractivity contribution in [1.29, 1.82) is 0 Å². The fourth-order valence-electron chi connectivity index (χ4n) is 3.00. The van der Waals surface area contributed by atoms with E-state index in [1.807, 2.05) is 4.90 Å². The van der Waals surface area contributed by atoms with Crippen molar-refractivity contribution in [1.82, 2.24) is 9.80 Å². The molecule has 0 aliphatic carbocycles. The van der Waals surface area contributed by atoms with E-state index in [0.29, 0.717) is 36.6 Å². The summed E-state index contributed by atoms with van der Waals surface area (Å²) in [6.07, 6.45) is 1.80. The van der Waals surface area contributed by atoms with Crippen molar-refractivity contribution in [2.45, 2.75) is 19.3 Å². The lowest BCUT2D eigenvalue weighted by Gasteiger charge is -2.34. The van der Waals surface area contributed by atoms with Crippen LogP contribution in [0.25, 0.3) is 0 Å². The van der Waals surface area contributed by atoms with Crippen LogP contribution in [-0.2, 0) is 4.79 Å². The van der Waals surface area contributed by atoms with Crippen molar-refractivity contribution in [3.63, 3.8) is 0 Å². The Hall–Kier alpha value is -1.99. The van der Waals surface area contributed by atoms with Crippen LogP contribution < -0.4 is 9.47 Å². The monoisotopic (exact) mass is 370 g/mol. The van der Waals surface area contributed by atoms with Crippen LogP contribution in [0.5, 0.6) is 11.5 Å². The summed E-state index contributed by atoms with van der Waals surface area (Å²) in [6.45, 7) is 4.11. The minimum absolute atomic E-state index is 0. The smallest absolute Gasteiger partial charge is 0.303 e. The highest BCUT2D eigenvalue weighted by molar-refractivity contribution is 5.95. The zero-order valence-electron chi connectivity index (χ0n) is 14.0. The maximum Gasteiger partial charge on any atom is 0.303 e. The van der Waals surface area contributed by atoms with Gasteiger partial charge in [-0.1, -0.05) is 0 Å². The van der Waals surface area contributed by atoms with Gasteiger partial charge in [0.2, 0.25) is 6.79 Å². The number of carbonyl (C=O) groups excluding carboxylic acids is 1. The van der Waals surface area contributed by atoms with Gasteiger partial charge in [-0.3, -0.25) is 14.5 Å². The predicted molar refractivity (Wildman–Crippen MR) is 93.6 cm³/mol. The van der Waals surface area contributed by atoms with E-state index in [9.17, 15) is 9.59 Å². The molecule has 2 aliphatic heterocycles. The number of hydrogen-bond donors (Lipinski definition) is 1. The van der Waals surface area contributed by atoms with Gasteiger partial charge in [0.15, 0.2) is 11.5 Å². The molecule has 1 saturated heterocycles. The summed E-state index contributed by atoms with van der Waals surface area (Å²) in [4.78, 5) is 27.2. The van der Waals surface area contributed by atoms with Gasteiger partial charge in [-0.15, -0.1) is 12.4 Å². The molecule has 0 spiro atoms. The molecule has 138 valence electrons. The molecule has 0 radical (unpaired) electrons. The number of nitrogens with zero attached hydrogens (tertiary/aromatic N) is 2. The van der Waals surface area contributed by atoms with E-state index in [-0.39, 0.29) is 31.5 Å². The SMILES string of the molecule is Cl.O=C(O)CCCCN1CCN(C(=O)c2ccc3c(c2)OCO3)CC1. The number of amides is 1. The lowest BCUT2D eigenvalue weighted by atomic mass is 10.1. The summed E-state index contributed by atoms with van der Waals surface area (Å²) in [5.74, 6) is 0.573. The van der Waals surface area contributed by atoms with Crippen LogP contribution in [0.1, 0.15) is 29.6 Å². The molecule has 0 saturated carbocycles. The summed E-state index contributed by atoms with van der Waals surface area (Å²) in [5, 5.41) is 8.64. The second kappa shape index (κ2) is 8.92. The molecule has 0 atom stereocenters. The number of aliphatic carboxylic acids is 1. The van der Waals surface area contributed by atoms with Crippen molar-refractivity contribution in [3.8, 4) is 11.5 Å². The van der Waals surface area contributed by atoms with Crippen LogP contribution in [0.2, 0.25) is 0 Å². The predicted octanol–water partition coefficient (Wildman–Crippen LogP) is 1.85. The Kier molecular flexibility index (Phi) is 6.90. The summed E-state index contributed by atoms with van der Waals surface area (Å²) in [7, 11) is 0. The van der Waals surface area contributed by atoms with Crippen molar-refractivity contribution < 1.29 is 24.2 Å². The van der Waals surface area contributed by atoms with Crippen LogP contribution in [0.15, 0.2) is 18.2 Å². The number of hydrogen-bond acceptors (Lipinski definition) is 5. The standard InChI is InChI=1S/C17H22N2O5.ClH/c20-16(21)3-1-2-6-18-7-9-19(10-8-18)17(22)13-4-5-14-15(11-13)24-12-23-14;/h4-5,11H,1-3,6-10,12H2,(H,20,21);1H. The molecule has 0 aromatic heterocycles. The maximum atomic E-state index is 12.6. The zero-order chi connectivity index (χ0) is 16.9. The first kappa shape index (κ1) is 19.3. The third-order valence-electron chi connectivity index (χ3n) is 4.39. The van der Waals surface area contributed by atoms with Crippen LogP contribution in [0.3, 0.4) is 0 Å². The van der Waals surface area contributed by atoms with Crippen molar-refractivity contribution >= 4 is 24.3 Å². The summed E-state index contributed by atoms with van der Waals surface area (Å²) in [6, 6.07) is 5.28. The molecular weight excluding hydrogens is 348 g/mol. The van der Waals surface area contributed by atoms with Gasteiger partial charge in [0.1, 0.15) is 0 Å². The Balaban J connectivity index is 0.00000225. The van der Waals surface area contributed by atoms with Crippen molar-refractivity contribution in [3.05, 3.63) is 23.8 Å². The molecule has 0 bridgehead atoms. The van der Waals surface area contributed by atoms with Crippen LogP contribution >= 0.6 is 12.4 Å². The maximum absolute atomic E-state index is 12.6. The minimum Gasteiger partial charge on any atom is -0.481 e. The second-order valence-corrected chi connectivity index (χ2v) is 6.05. The first-order valence-electron chi connectivity index (χ1n) is 8.26. The number of fused-ring (bicyclic) bond motifs is 1. The summed E-state index contributed by atoms with van der Waals surface area (Å²) in [5.41, 5.74) is 0.620. The van der Waals surface area contributed by atoms with Gasteiger partial charge in [0.05, 0.1) is 0 Å². The van der Waals surface area contributed by atoms with Gasteiger partial charge in [-0.05, 0) is 37.6 Å². The van der Waals surface area contributed by atoms with E-state index in [1.54, 1.807) is 18.2 Å². The van der Waals surface area contributed by atoms with Gasteiger partial charge in [0.25, 0.3) is 5.91 Å². The number of carboxylic acid groups (broad SMARTS) is 1. The summed E-state index contributed by atoms with van der Waals surface area (Å²) < 4.78 is 10.6. The number of carboxylic acids is 1. The first-order valence-corrected chi connectivity index (χ1v) is 8.26. The fourth-order valence-corrected chi connectivity index (χ4v) is 3.00. The first-order chi connectivity index (χ1) is 11.6. The highest BCUT2D eigenvalue weighted by atomic mass is 35.5. The topological polar surface area (TPSA) is 79.3 Å². The third-order valence-corrected chi connectivity index (χ3v) is 4.39. The van der Waals surface area contributed by atoms with E-state index in [4.69, 9.17) is 14.6 Å². The molecule has 2 aliphatic rings. The Morgan fingerprint density at radius 1 is 1.04 bits per heavy atom. The number of benzene rings is 1. The molecular formula is C17H23ClN2O5. The second-order valence-electron chi connectivity index (χ2n) is 6.05. The van der Waals surface area contributed by atoms with Crippen LogP contribution in [0, 0.1) is 0 Å². The van der Waals surface area contributed by atoms with E-state index < -0.39 is 5.97 Å². The molecule has 1 aromatic carbocycles. The quantitative estimate of drug-likeness (QED) is 0.770. The molecule has 3 rings (SSSR count). The molecule has 7 nitrogen and oxygen atoms in total. The zero-order valence-corrected chi connectivity index (χ0v) is 14.8. The number of rotatable bonds is 6. The van der Waals surface area contributed by atoms with Crippen molar-refractivity contribution in [2.24, 2.45) is 0 Å². The molecule has 1 amide bonds. The number of halogens is 1. The van der Waals surface area contributed by atoms with Gasteiger partial charge >= 0.3 is 5.97 Å². The average molecular weight is 371 g/mol. The number of carbonyl (C=O) groups is 2. The van der Waals surface area contributed by atoms with Crippen molar-refractivity contribution in [2.75, 3.05) is 39.5 Å². The number of ether oxygens (including phenoxy) is 2. The Morgan fingerprint density at radius 3 is 2.48 bits per heavy atom. The van der Waals surface area contributed by atoms with E-state index in [0.717, 1.165) is 26.1 Å². The van der Waals surface area contributed by atoms with Gasteiger partial charge < -0.3 is 19.5 Å². The summed E-state index contributed by atoms with van der Waals surface area (Å²) >= 11 is 0. The third kappa shape index (κ3) is 4.99. The Labute approximate surface area is 152 Å². The average Bonchev–Trinajstić information content (AvgIpc) is 3.06. The largest absolute Gasteiger partial charge is 0.481 e. The number of piperazine rings is 1. The van der Waals surface area contributed by atoms with Gasteiger partial charge in [-0.2, -0.15) is 0 Å². The van der Waals surface area contributed by atoms with Gasteiger partial charge in [0, 0.05) is 38.2 Å². The lowest BCUT2D eigenvalue weighted by molar-refractivity contribution is -0.137. The van der Waals surface area contributed by atoms with E-state index >= 15 is 0 Å². The highest BCUT2D eigenvalue weighted by Gasteiger charge is 2.23. The Bertz CT molecular complexity index is 617. The Morgan fingerprint density at radius 2 is 1.76 bits per heavy atom. The van der Waals surface area contributed by atoms with Crippen LogP contribution in [0.4, 0.5) is 0 Å². The van der Waals surface area contributed by atoms with Gasteiger partial charge in [-0.25, -0.2) is 0 Å². The molecule has 8 heteroatoms. The van der Waals surface area contributed by atoms with Crippen LogP contribution in [-0.4, -0.2) is 66.3 Å². The number of unbranched alkanes of at least 4 members (excludes halogenated alkanes) is 1.